The number of hydrogen-bond acceptors (Lipinski definition) is 5. The van der Waals surface area contributed by atoms with Crippen LogP contribution in [0.4, 0.5) is 5.69 Å². The second-order valence-corrected chi connectivity index (χ2v) is 8.38. The number of non-ortho nitro benzene ring substituents is 1. The van der Waals surface area contributed by atoms with Gasteiger partial charge in [-0.15, -0.1) is 0 Å². The average molecular weight is 450 g/mol. The van der Waals surface area contributed by atoms with E-state index < -0.39 is 0 Å². The van der Waals surface area contributed by atoms with Crippen molar-refractivity contribution in [1.82, 2.24) is 19.8 Å². The minimum atomic E-state index is -0.376. The molecule has 4 heterocycles. The second kappa shape index (κ2) is 8.68. The van der Waals surface area contributed by atoms with Gasteiger partial charge in [-0.05, 0) is 55.4 Å². The third-order valence-corrected chi connectivity index (χ3v) is 6.38. The van der Waals surface area contributed by atoms with Crippen molar-refractivity contribution < 1.29 is 9.66 Å². The van der Waals surface area contributed by atoms with Crippen molar-refractivity contribution >= 4 is 23.0 Å². The summed E-state index contributed by atoms with van der Waals surface area (Å²) in [6.45, 7) is 1.46. The van der Waals surface area contributed by atoms with Crippen molar-refractivity contribution in [2.24, 2.45) is 0 Å². The number of rotatable bonds is 6. The van der Waals surface area contributed by atoms with Crippen LogP contribution in [0.5, 0.6) is 0 Å². The van der Waals surface area contributed by atoms with Crippen LogP contribution in [0.2, 0.25) is 0 Å². The van der Waals surface area contributed by atoms with E-state index in [0.717, 1.165) is 36.5 Å². The second-order valence-electron chi connectivity index (χ2n) is 7.99. The first-order valence-electron chi connectivity index (χ1n) is 10.6. The maximum atomic E-state index is 11.3. The summed E-state index contributed by atoms with van der Waals surface area (Å²) in [7, 11) is 0. The molecule has 32 heavy (non-hydrogen) atoms. The Morgan fingerprint density at radius 1 is 1.22 bits per heavy atom. The Kier molecular flexibility index (Phi) is 5.59. The molecule has 2 aliphatic rings. The van der Waals surface area contributed by atoms with Crippen LogP contribution < -0.4 is 5.32 Å². The molecule has 0 aliphatic carbocycles. The van der Waals surface area contributed by atoms with E-state index in [9.17, 15) is 10.1 Å². The topological polar surface area (TPSA) is 85.5 Å². The van der Waals surface area contributed by atoms with E-state index in [4.69, 9.17) is 17.0 Å². The zero-order chi connectivity index (χ0) is 22.1. The molecule has 2 fully saturated rings. The van der Waals surface area contributed by atoms with Crippen LogP contribution in [0.1, 0.15) is 36.3 Å². The molecule has 8 nitrogen and oxygen atoms in total. The first-order valence-corrected chi connectivity index (χ1v) is 11.0. The third kappa shape index (κ3) is 3.85. The molecule has 1 aromatic carbocycles. The van der Waals surface area contributed by atoms with E-state index in [0.29, 0.717) is 11.7 Å². The molecule has 0 unspecified atom stereocenters. The lowest BCUT2D eigenvalue weighted by atomic mass is 10.0. The van der Waals surface area contributed by atoms with Crippen LogP contribution in [-0.2, 0) is 4.74 Å². The van der Waals surface area contributed by atoms with Gasteiger partial charge in [-0.3, -0.25) is 15.1 Å². The molecule has 0 spiro atoms. The van der Waals surface area contributed by atoms with Crippen LogP contribution in [0.25, 0.3) is 5.69 Å². The molecule has 0 radical (unpaired) electrons. The molecular weight excluding hydrogens is 426 g/mol. The molecule has 2 saturated heterocycles. The van der Waals surface area contributed by atoms with Gasteiger partial charge in [0.25, 0.3) is 5.69 Å². The lowest BCUT2D eigenvalue weighted by Crippen LogP contribution is -2.36. The van der Waals surface area contributed by atoms with Gasteiger partial charge < -0.3 is 19.5 Å². The number of ether oxygens (including phenoxy) is 1. The van der Waals surface area contributed by atoms with Crippen LogP contribution in [0, 0.1) is 10.1 Å². The van der Waals surface area contributed by atoms with Crippen molar-refractivity contribution in [3.63, 3.8) is 0 Å². The van der Waals surface area contributed by atoms with E-state index >= 15 is 0 Å². The Labute approximate surface area is 191 Å². The van der Waals surface area contributed by atoms with Gasteiger partial charge in [0.05, 0.1) is 34.5 Å². The first kappa shape index (κ1) is 20.6. The van der Waals surface area contributed by atoms with Crippen molar-refractivity contribution in [3.8, 4) is 5.69 Å². The van der Waals surface area contributed by atoms with Gasteiger partial charge in [0.1, 0.15) is 0 Å². The Hall–Kier alpha value is -3.30. The maximum Gasteiger partial charge on any atom is 0.271 e. The minimum Gasteiger partial charge on any atom is -0.376 e. The Morgan fingerprint density at radius 3 is 2.88 bits per heavy atom. The van der Waals surface area contributed by atoms with Crippen LogP contribution >= 0.6 is 12.2 Å². The summed E-state index contributed by atoms with van der Waals surface area (Å²) in [4.78, 5) is 17.7. The molecule has 5 rings (SSSR count). The summed E-state index contributed by atoms with van der Waals surface area (Å²) < 4.78 is 7.89. The number of nitro benzene ring substituents is 1. The average Bonchev–Trinajstić information content (AvgIpc) is 3.56. The van der Waals surface area contributed by atoms with E-state index in [-0.39, 0.29) is 28.8 Å². The number of nitrogens with one attached hydrogen (secondary N) is 1. The molecule has 3 atom stereocenters. The van der Waals surface area contributed by atoms with Crippen LogP contribution in [0.15, 0.2) is 67.0 Å². The van der Waals surface area contributed by atoms with Crippen molar-refractivity contribution in [2.75, 3.05) is 13.2 Å². The Bertz CT molecular complexity index is 1130. The Morgan fingerprint density at radius 2 is 2.12 bits per heavy atom. The summed E-state index contributed by atoms with van der Waals surface area (Å²) in [6.07, 6.45) is 5.89. The predicted octanol–water partition coefficient (Wildman–Crippen LogP) is 3.93. The lowest BCUT2D eigenvalue weighted by Gasteiger charge is -2.30. The lowest BCUT2D eigenvalue weighted by molar-refractivity contribution is -0.384. The number of aromatic nitrogens is 2. The molecule has 164 valence electrons. The highest BCUT2D eigenvalue weighted by Crippen LogP contribution is 2.40. The van der Waals surface area contributed by atoms with Gasteiger partial charge in [-0.25, -0.2) is 0 Å². The largest absolute Gasteiger partial charge is 0.376 e. The van der Waals surface area contributed by atoms with E-state index in [2.05, 4.69) is 15.2 Å². The summed E-state index contributed by atoms with van der Waals surface area (Å²) >= 11 is 5.75. The molecule has 1 N–H and O–H groups in total. The molecular formula is C23H23N5O3S. The quantitative estimate of drug-likeness (QED) is 0.347. The van der Waals surface area contributed by atoms with Crippen molar-refractivity contribution in [2.45, 2.75) is 31.0 Å². The summed E-state index contributed by atoms with van der Waals surface area (Å²) in [6, 6.07) is 16.2. The van der Waals surface area contributed by atoms with E-state index in [1.165, 1.54) is 6.07 Å². The van der Waals surface area contributed by atoms with Gasteiger partial charge in [0.2, 0.25) is 0 Å². The fraction of sp³-hybridized carbons (Fsp3) is 0.304. The summed E-state index contributed by atoms with van der Waals surface area (Å²) in [5, 5.41) is 15.4. The molecule has 3 aromatic rings. The van der Waals surface area contributed by atoms with E-state index in [1.54, 1.807) is 18.3 Å². The SMILES string of the molecule is O=[N+]([O-])c1cccc(-n2cccc2[C@@H]2[C@@H](c3ccccn3)NC(=S)N2C[C@@H]2CCCO2)c1. The number of benzene rings is 1. The number of nitro groups is 1. The first-order chi connectivity index (χ1) is 15.6. The van der Waals surface area contributed by atoms with Crippen LogP contribution in [0.3, 0.4) is 0 Å². The van der Waals surface area contributed by atoms with Gasteiger partial charge in [0, 0.05) is 43.4 Å². The predicted molar refractivity (Wildman–Crippen MR) is 124 cm³/mol. The van der Waals surface area contributed by atoms with E-state index in [1.807, 2.05) is 47.2 Å². The van der Waals surface area contributed by atoms with Crippen molar-refractivity contribution in [1.29, 1.82) is 0 Å². The van der Waals surface area contributed by atoms with Gasteiger partial charge >= 0.3 is 0 Å². The summed E-state index contributed by atoms with van der Waals surface area (Å²) in [5.41, 5.74) is 2.65. The maximum absolute atomic E-state index is 11.3. The number of nitrogens with zero attached hydrogens (tertiary/aromatic N) is 4. The molecule has 2 aromatic heterocycles. The number of hydrogen-bond donors (Lipinski definition) is 1. The molecule has 9 heteroatoms. The molecule has 0 saturated carbocycles. The standard InChI is InChI=1S/C23H23N5O3S/c29-28(30)17-7-3-6-16(14-17)26-12-4-10-20(26)22-21(19-9-1-2-11-24-19)25-23(32)27(22)15-18-8-5-13-31-18/h1-4,6-7,9-12,14,18,21-22H,5,8,13,15H2,(H,25,32)/t18-,21+,22+/m0/s1. The zero-order valence-electron chi connectivity index (χ0n) is 17.3. The highest BCUT2D eigenvalue weighted by molar-refractivity contribution is 7.80. The zero-order valence-corrected chi connectivity index (χ0v) is 18.1. The monoisotopic (exact) mass is 449 g/mol. The highest BCUT2D eigenvalue weighted by Gasteiger charge is 2.42. The minimum absolute atomic E-state index is 0.0553. The smallest absolute Gasteiger partial charge is 0.271 e. The molecule has 2 aliphatic heterocycles. The van der Waals surface area contributed by atoms with Crippen molar-refractivity contribution in [3.05, 3.63) is 88.5 Å². The number of pyridine rings is 1. The van der Waals surface area contributed by atoms with Gasteiger partial charge in [0.15, 0.2) is 5.11 Å². The molecule has 0 bridgehead atoms. The molecule has 0 amide bonds. The van der Waals surface area contributed by atoms with Gasteiger partial charge in [-0.2, -0.15) is 0 Å². The highest BCUT2D eigenvalue weighted by atomic mass is 32.1. The number of thiocarbonyl (C=S) groups is 1. The Balaban J connectivity index is 1.57. The summed E-state index contributed by atoms with van der Waals surface area (Å²) in [5.74, 6) is 0. The fourth-order valence-electron chi connectivity index (χ4n) is 4.56. The van der Waals surface area contributed by atoms with Crippen LogP contribution in [-0.4, -0.2) is 43.7 Å². The fourth-order valence-corrected chi connectivity index (χ4v) is 4.87. The third-order valence-electron chi connectivity index (χ3n) is 6.02. The normalized spacial score (nSPS) is 22.8. The van der Waals surface area contributed by atoms with Gasteiger partial charge in [-0.1, -0.05) is 12.1 Å².